The number of nitrogens with zero attached hydrogens (tertiary/aromatic N) is 2. The van der Waals surface area contributed by atoms with Gasteiger partial charge in [-0.25, -0.2) is 0 Å². The number of likely N-dealkylation sites (N-methyl/N-ethyl adjacent to an activating group) is 1. The zero-order chi connectivity index (χ0) is 22.2. The smallest absolute Gasteiger partial charge is 0.325 e. The molecular weight excluding hydrogens is 398 g/mol. The minimum Gasteiger partial charge on any atom is -0.454 e. The first-order chi connectivity index (χ1) is 15.0. The van der Waals surface area contributed by atoms with Crippen molar-refractivity contribution in [1.82, 2.24) is 10.2 Å². The third-order valence-electron chi connectivity index (χ3n) is 5.94. The van der Waals surface area contributed by atoms with E-state index in [9.17, 15) is 19.2 Å². The molecule has 0 aromatic heterocycles. The van der Waals surface area contributed by atoms with Gasteiger partial charge in [0.25, 0.3) is 11.8 Å². The molecule has 2 fully saturated rings. The lowest BCUT2D eigenvalue weighted by Crippen LogP contribution is -2.43. The maximum absolute atomic E-state index is 12.4. The number of esters is 1. The first-order valence-corrected chi connectivity index (χ1v) is 11.1. The quantitative estimate of drug-likeness (QED) is 0.640. The Morgan fingerprint density at radius 3 is 2.42 bits per heavy atom. The van der Waals surface area contributed by atoms with E-state index in [-0.39, 0.29) is 31.0 Å². The highest BCUT2D eigenvalue weighted by Gasteiger charge is 2.25. The van der Waals surface area contributed by atoms with Crippen LogP contribution in [-0.2, 0) is 19.1 Å². The van der Waals surface area contributed by atoms with Gasteiger partial charge >= 0.3 is 5.97 Å². The molecule has 31 heavy (non-hydrogen) atoms. The Balaban J connectivity index is 1.42. The Bertz CT molecular complexity index is 802. The molecule has 1 aliphatic heterocycles. The second-order valence-electron chi connectivity index (χ2n) is 8.01. The molecule has 1 saturated carbocycles. The first-order valence-electron chi connectivity index (χ1n) is 11.1. The lowest BCUT2D eigenvalue weighted by molar-refractivity contribution is -0.152. The van der Waals surface area contributed by atoms with Crippen LogP contribution in [0.3, 0.4) is 0 Å². The van der Waals surface area contributed by atoms with Gasteiger partial charge in [-0.2, -0.15) is 0 Å². The number of amides is 3. The summed E-state index contributed by atoms with van der Waals surface area (Å²) in [6, 6.07) is 6.91. The standard InChI is InChI=1S/C23H31N3O5/c1-2-25(18-7-4-3-5-8-18)21(28)16-31-22(29)15-24-23(30)17-10-12-19(13-11-17)26-14-6-9-20(26)27/h10-13,18H,2-9,14-16H2,1H3,(H,24,30). The maximum atomic E-state index is 12.4. The number of benzene rings is 1. The first kappa shape index (κ1) is 22.8. The summed E-state index contributed by atoms with van der Waals surface area (Å²) in [4.78, 5) is 52.0. The zero-order valence-electron chi connectivity index (χ0n) is 18.1. The van der Waals surface area contributed by atoms with Crippen LogP contribution < -0.4 is 10.2 Å². The molecule has 0 bridgehead atoms. The van der Waals surface area contributed by atoms with Crippen molar-refractivity contribution in [2.75, 3.05) is 31.1 Å². The van der Waals surface area contributed by atoms with Crippen LogP contribution in [-0.4, -0.2) is 60.9 Å². The van der Waals surface area contributed by atoms with Crippen LogP contribution >= 0.6 is 0 Å². The summed E-state index contributed by atoms with van der Waals surface area (Å²) in [6.45, 7) is 2.59. The summed E-state index contributed by atoms with van der Waals surface area (Å²) in [7, 11) is 0. The van der Waals surface area contributed by atoms with Crippen molar-refractivity contribution in [3.8, 4) is 0 Å². The molecule has 1 saturated heterocycles. The molecule has 8 heteroatoms. The molecule has 1 heterocycles. The van der Waals surface area contributed by atoms with Gasteiger partial charge in [-0.3, -0.25) is 19.2 Å². The summed E-state index contributed by atoms with van der Waals surface area (Å²) >= 11 is 0. The van der Waals surface area contributed by atoms with Gasteiger partial charge in [0.1, 0.15) is 6.54 Å². The number of anilines is 1. The highest BCUT2D eigenvalue weighted by molar-refractivity contribution is 5.98. The van der Waals surface area contributed by atoms with Gasteiger partial charge < -0.3 is 19.9 Å². The van der Waals surface area contributed by atoms with E-state index in [1.54, 1.807) is 34.1 Å². The Hall–Kier alpha value is -2.90. The Kier molecular flexibility index (Phi) is 8.03. The molecule has 0 spiro atoms. The molecule has 0 radical (unpaired) electrons. The Morgan fingerprint density at radius 1 is 1.10 bits per heavy atom. The van der Waals surface area contributed by atoms with Crippen molar-refractivity contribution in [2.45, 2.75) is 57.9 Å². The highest BCUT2D eigenvalue weighted by Crippen LogP contribution is 2.23. The van der Waals surface area contributed by atoms with Gasteiger partial charge in [0.05, 0.1) is 0 Å². The van der Waals surface area contributed by atoms with Crippen molar-refractivity contribution in [3.63, 3.8) is 0 Å². The van der Waals surface area contributed by atoms with E-state index in [0.717, 1.165) is 37.8 Å². The van der Waals surface area contributed by atoms with Crippen LogP contribution in [0, 0.1) is 0 Å². The lowest BCUT2D eigenvalue weighted by atomic mass is 9.94. The second kappa shape index (κ2) is 10.9. The molecule has 8 nitrogen and oxygen atoms in total. The van der Waals surface area contributed by atoms with Crippen molar-refractivity contribution in [3.05, 3.63) is 29.8 Å². The van der Waals surface area contributed by atoms with Crippen molar-refractivity contribution in [1.29, 1.82) is 0 Å². The van der Waals surface area contributed by atoms with Crippen LogP contribution in [0.5, 0.6) is 0 Å². The van der Waals surface area contributed by atoms with Gasteiger partial charge in [-0.15, -0.1) is 0 Å². The molecule has 3 amide bonds. The number of ether oxygens (including phenoxy) is 1. The van der Waals surface area contributed by atoms with Gasteiger partial charge in [0, 0.05) is 36.8 Å². The number of carbonyl (C=O) groups excluding carboxylic acids is 4. The minimum atomic E-state index is -0.652. The van der Waals surface area contributed by atoms with Gasteiger partial charge in [-0.1, -0.05) is 19.3 Å². The minimum absolute atomic E-state index is 0.0830. The van der Waals surface area contributed by atoms with Crippen LogP contribution in [0.1, 0.15) is 62.2 Å². The lowest BCUT2D eigenvalue weighted by Gasteiger charge is -2.33. The Labute approximate surface area is 182 Å². The average Bonchev–Trinajstić information content (AvgIpc) is 3.23. The fourth-order valence-electron chi connectivity index (χ4n) is 4.28. The van der Waals surface area contributed by atoms with Gasteiger partial charge in [0.2, 0.25) is 5.91 Å². The molecule has 0 atom stereocenters. The fraction of sp³-hybridized carbons (Fsp3) is 0.565. The number of nitrogens with one attached hydrogen (secondary N) is 1. The molecular formula is C23H31N3O5. The molecule has 2 aliphatic rings. The maximum Gasteiger partial charge on any atom is 0.325 e. The molecule has 1 aromatic carbocycles. The van der Waals surface area contributed by atoms with E-state index in [2.05, 4.69) is 5.32 Å². The predicted molar refractivity (Wildman–Crippen MR) is 116 cm³/mol. The molecule has 1 aliphatic carbocycles. The third-order valence-corrected chi connectivity index (χ3v) is 5.94. The normalized spacial score (nSPS) is 16.8. The zero-order valence-corrected chi connectivity index (χ0v) is 18.1. The molecule has 1 N–H and O–H groups in total. The molecule has 1 aromatic rings. The van der Waals surface area contributed by atoms with Gasteiger partial charge in [0.15, 0.2) is 6.61 Å². The number of rotatable bonds is 8. The third kappa shape index (κ3) is 6.06. The summed E-state index contributed by atoms with van der Waals surface area (Å²) in [5.41, 5.74) is 1.14. The van der Waals surface area contributed by atoms with E-state index in [4.69, 9.17) is 4.74 Å². The number of hydrogen-bond donors (Lipinski definition) is 1. The Morgan fingerprint density at radius 2 is 1.81 bits per heavy atom. The summed E-state index contributed by atoms with van der Waals surface area (Å²) in [6.07, 6.45) is 6.82. The molecule has 168 valence electrons. The number of hydrogen-bond acceptors (Lipinski definition) is 5. The highest BCUT2D eigenvalue weighted by atomic mass is 16.5. The average molecular weight is 430 g/mol. The van der Waals surface area contributed by atoms with E-state index in [1.807, 2.05) is 6.92 Å². The summed E-state index contributed by atoms with van der Waals surface area (Å²) < 4.78 is 5.07. The molecule has 3 rings (SSSR count). The van der Waals surface area contributed by atoms with Crippen LogP contribution in [0.4, 0.5) is 5.69 Å². The topological polar surface area (TPSA) is 96.0 Å². The SMILES string of the molecule is CCN(C(=O)COC(=O)CNC(=O)c1ccc(N2CCCC2=O)cc1)C1CCCCC1. The van der Waals surface area contributed by atoms with Crippen molar-refractivity contribution < 1.29 is 23.9 Å². The van der Waals surface area contributed by atoms with E-state index < -0.39 is 11.9 Å². The predicted octanol–water partition coefficient (Wildman–Crippen LogP) is 2.27. The molecule has 0 unspecified atom stereocenters. The van der Waals surface area contributed by atoms with Gasteiger partial charge in [-0.05, 0) is 50.5 Å². The van der Waals surface area contributed by atoms with Crippen LogP contribution in [0.2, 0.25) is 0 Å². The van der Waals surface area contributed by atoms with E-state index in [0.29, 0.717) is 25.1 Å². The number of carbonyl (C=O) groups is 4. The van der Waals surface area contributed by atoms with Crippen LogP contribution in [0.15, 0.2) is 24.3 Å². The monoisotopic (exact) mass is 429 g/mol. The van der Waals surface area contributed by atoms with Crippen molar-refractivity contribution in [2.24, 2.45) is 0 Å². The second-order valence-corrected chi connectivity index (χ2v) is 8.01. The van der Waals surface area contributed by atoms with E-state index in [1.165, 1.54) is 6.42 Å². The van der Waals surface area contributed by atoms with E-state index >= 15 is 0 Å². The fourth-order valence-corrected chi connectivity index (χ4v) is 4.28. The van der Waals surface area contributed by atoms with Crippen LogP contribution in [0.25, 0.3) is 0 Å². The summed E-state index contributed by atoms with van der Waals surface area (Å²) in [5.74, 6) is -1.18. The largest absolute Gasteiger partial charge is 0.454 e. The summed E-state index contributed by atoms with van der Waals surface area (Å²) in [5, 5.41) is 2.51. The van der Waals surface area contributed by atoms with Crippen molar-refractivity contribution >= 4 is 29.4 Å².